The van der Waals surface area contributed by atoms with Crippen molar-refractivity contribution in [2.45, 2.75) is 24.7 Å². The topological polar surface area (TPSA) is 99.7 Å². The maximum atomic E-state index is 12.7. The molecule has 0 atom stereocenters. The molecule has 0 saturated carbocycles. The second kappa shape index (κ2) is 10.5. The van der Waals surface area contributed by atoms with Crippen LogP contribution in [0.1, 0.15) is 17.8 Å². The Bertz CT molecular complexity index is 1250. The van der Waals surface area contributed by atoms with E-state index in [4.69, 9.17) is 0 Å². The van der Waals surface area contributed by atoms with Gasteiger partial charge >= 0.3 is 0 Å². The fourth-order valence-electron chi connectivity index (χ4n) is 3.74. The van der Waals surface area contributed by atoms with Gasteiger partial charge in [-0.05, 0) is 31.2 Å². The number of amides is 2. The molecule has 0 unspecified atom stereocenters. The largest absolute Gasteiger partial charge is 0.340 e. The predicted molar refractivity (Wildman–Crippen MR) is 132 cm³/mol. The number of carbonyl (C=O) groups is 2. The lowest BCUT2D eigenvalue weighted by Gasteiger charge is -2.34. The fourth-order valence-corrected chi connectivity index (χ4v) is 5.81. The van der Waals surface area contributed by atoms with Crippen LogP contribution in [0.15, 0.2) is 64.9 Å². The van der Waals surface area contributed by atoms with Crippen molar-refractivity contribution in [3.05, 3.63) is 65.0 Å². The van der Waals surface area contributed by atoms with Crippen molar-refractivity contribution >= 4 is 38.9 Å². The minimum atomic E-state index is -3.56. The third-order valence-corrected chi connectivity index (χ3v) is 8.31. The van der Waals surface area contributed by atoms with Gasteiger partial charge in [-0.1, -0.05) is 30.3 Å². The Morgan fingerprint density at radius 2 is 1.65 bits per heavy atom. The van der Waals surface area contributed by atoms with Gasteiger partial charge < -0.3 is 10.2 Å². The number of hydrogen-bond donors (Lipinski definition) is 1. The number of aryl methyl sites for hydroxylation is 1. The van der Waals surface area contributed by atoms with Crippen LogP contribution in [0.5, 0.6) is 0 Å². The zero-order chi connectivity index (χ0) is 24.1. The molecule has 8 nitrogen and oxygen atoms in total. The summed E-state index contributed by atoms with van der Waals surface area (Å²) in [6.45, 7) is 3.05. The molecule has 178 valence electrons. The molecule has 0 radical (unpaired) electrons. The summed E-state index contributed by atoms with van der Waals surface area (Å²) in [6, 6.07) is 15.7. The van der Waals surface area contributed by atoms with Crippen LogP contribution in [0.3, 0.4) is 0 Å². The molecule has 1 saturated heterocycles. The smallest absolute Gasteiger partial charge is 0.243 e. The summed E-state index contributed by atoms with van der Waals surface area (Å²) < 4.78 is 26.8. The fraction of sp³-hybridized carbons (Fsp3) is 0.292. The Hall–Kier alpha value is -3.08. The number of sulfonamides is 1. The molecule has 1 aliphatic heterocycles. The van der Waals surface area contributed by atoms with Crippen molar-refractivity contribution < 1.29 is 18.0 Å². The number of carbonyl (C=O) groups excluding carboxylic acids is 2. The molecular weight excluding hydrogens is 472 g/mol. The minimum absolute atomic E-state index is 0.0639. The number of piperazine rings is 1. The van der Waals surface area contributed by atoms with Gasteiger partial charge in [-0.25, -0.2) is 13.4 Å². The van der Waals surface area contributed by atoms with Gasteiger partial charge in [-0.2, -0.15) is 4.31 Å². The van der Waals surface area contributed by atoms with Crippen LogP contribution in [0.2, 0.25) is 0 Å². The van der Waals surface area contributed by atoms with Crippen LogP contribution in [-0.2, 0) is 19.6 Å². The summed E-state index contributed by atoms with van der Waals surface area (Å²) in [4.78, 5) is 31.2. The predicted octanol–water partition coefficient (Wildman–Crippen LogP) is 3.37. The second-order valence-electron chi connectivity index (χ2n) is 7.98. The summed E-state index contributed by atoms with van der Waals surface area (Å²) in [7, 11) is -3.56. The summed E-state index contributed by atoms with van der Waals surface area (Å²) in [5, 5.41) is 5.80. The van der Waals surface area contributed by atoms with Gasteiger partial charge in [0.05, 0.1) is 15.6 Å². The van der Waals surface area contributed by atoms with Crippen LogP contribution < -0.4 is 5.32 Å². The van der Waals surface area contributed by atoms with Gasteiger partial charge in [0.2, 0.25) is 21.8 Å². The molecule has 2 heterocycles. The third-order valence-electron chi connectivity index (χ3n) is 5.62. The normalized spacial score (nSPS) is 14.7. The maximum Gasteiger partial charge on any atom is 0.243 e. The van der Waals surface area contributed by atoms with Gasteiger partial charge in [-0.15, -0.1) is 11.3 Å². The van der Waals surface area contributed by atoms with Gasteiger partial charge in [0.15, 0.2) is 0 Å². The molecule has 2 amide bonds. The average molecular weight is 499 g/mol. The van der Waals surface area contributed by atoms with Crippen LogP contribution in [-0.4, -0.2) is 60.6 Å². The van der Waals surface area contributed by atoms with E-state index in [1.165, 1.54) is 4.31 Å². The van der Waals surface area contributed by atoms with Gasteiger partial charge in [-0.3, -0.25) is 9.59 Å². The molecule has 1 aliphatic rings. The molecule has 1 aromatic heterocycles. The first-order chi connectivity index (χ1) is 16.3. The Labute approximate surface area is 203 Å². The minimum Gasteiger partial charge on any atom is -0.340 e. The van der Waals surface area contributed by atoms with Gasteiger partial charge in [0.1, 0.15) is 0 Å². The number of benzene rings is 2. The van der Waals surface area contributed by atoms with Crippen molar-refractivity contribution in [2.75, 3.05) is 31.5 Å². The molecule has 4 rings (SSSR count). The first-order valence-electron chi connectivity index (χ1n) is 11.0. The summed E-state index contributed by atoms with van der Waals surface area (Å²) in [5.41, 5.74) is 2.54. The summed E-state index contributed by atoms with van der Waals surface area (Å²) in [5.74, 6) is -0.392. The van der Waals surface area contributed by atoms with Crippen molar-refractivity contribution in [1.29, 1.82) is 0 Å². The van der Waals surface area contributed by atoms with Crippen LogP contribution in [0.25, 0.3) is 11.3 Å². The van der Waals surface area contributed by atoms with Crippen LogP contribution in [0, 0.1) is 6.92 Å². The molecule has 34 heavy (non-hydrogen) atoms. The molecule has 0 bridgehead atoms. The van der Waals surface area contributed by atoms with Crippen LogP contribution >= 0.6 is 11.3 Å². The van der Waals surface area contributed by atoms with Crippen molar-refractivity contribution in [3.8, 4) is 11.3 Å². The van der Waals surface area contributed by atoms with E-state index < -0.39 is 10.0 Å². The lowest BCUT2D eigenvalue weighted by molar-refractivity contribution is -0.133. The van der Waals surface area contributed by atoms with Crippen molar-refractivity contribution in [2.24, 2.45) is 0 Å². The van der Waals surface area contributed by atoms with E-state index in [2.05, 4.69) is 10.3 Å². The van der Waals surface area contributed by atoms with Gasteiger partial charge in [0.25, 0.3) is 0 Å². The molecular formula is C24H26N4O4S2. The van der Waals surface area contributed by atoms with E-state index in [0.717, 1.165) is 16.3 Å². The molecule has 0 spiro atoms. The average Bonchev–Trinajstić information content (AvgIpc) is 3.30. The van der Waals surface area contributed by atoms with Crippen LogP contribution in [0.4, 0.5) is 5.69 Å². The highest BCUT2D eigenvalue weighted by molar-refractivity contribution is 7.89. The van der Waals surface area contributed by atoms with E-state index in [1.807, 2.05) is 36.6 Å². The highest BCUT2D eigenvalue weighted by atomic mass is 32.2. The van der Waals surface area contributed by atoms with Gasteiger partial charge in [0, 0.05) is 55.7 Å². The van der Waals surface area contributed by atoms with E-state index in [1.54, 1.807) is 46.6 Å². The second-order valence-corrected chi connectivity index (χ2v) is 11.0. The zero-order valence-corrected chi connectivity index (χ0v) is 20.4. The highest BCUT2D eigenvalue weighted by Gasteiger charge is 2.29. The Kier molecular flexibility index (Phi) is 7.40. The third kappa shape index (κ3) is 5.69. The Balaban J connectivity index is 1.23. The molecule has 1 fully saturated rings. The molecule has 1 N–H and O–H groups in total. The first-order valence-corrected chi connectivity index (χ1v) is 13.3. The quantitative estimate of drug-likeness (QED) is 0.538. The van der Waals surface area contributed by atoms with E-state index >= 15 is 0 Å². The van der Waals surface area contributed by atoms with Crippen molar-refractivity contribution in [1.82, 2.24) is 14.2 Å². The first kappa shape index (κ1) is 24.1. The number of hydrogen-bond acceptors (Lipinski definition) is 6. The monoisotopic (exact) mass is 498 g/mol. The molecule has 10 heteroatoms. The van der Waals surface area contributed by atoms with E-state index in [-0.39, 0.29) is 42.6 Å². The zero-order valence-electron chi connectivity index (χ0n) is 18.8. The number of thiazole rings is 1. The highest BCUT2D eigenvalue weighted by Crippen LogP contribution is 2.23. The summed E-state index contributed by atoms with van der Waals surface area (Å²) in [6.07, 6.45) is 0.141. The molecule has 3 aromatic rings. The summed E-state index contributed by atoms with van der Waals surface area (Å²) >= 11 is 1.59. The Morgan fingerprint density at radius 1 is 0.971 bits per heavy atom. The van der Waals surface area contributed by atoms with E-state index in [0.29, 0.717) is 18.8 Å². The SMILES string of the molecule is Cc1nc(-c2ccc(NC(=O)CCC(=O)N3CCN(S(=O)(=O)c4ccccc4)CC3)cc2)cs1. The van der Waals surface area contributed by atoms with Crippen molar-refractivity contribution in [3.63, 3.8) is 0 Å². The standard InChI is InChI=1S/C24H26N4O4S2/c1-18-25-22(17-33-18)19-7-9-20(10-8-19)26-23(29)11-12-24(30)27-13-15-28(16-14-27)34(31,32)21-5-3-2-4-6-21/h2-10,17H,11-16H2,1H3,(H,26,29). The lowest BCUT2D eigenvalue weighted by atomic mass is 10.1. The van der Waals surface area contributed by atoms with E-state index in [9.17, 15) is 18.0 Å². The number of rotatable bonds is 7. The Morgan fingerprint density at radius 3 is 2.26 bits per heavy atom. The molecule has 0 aliphatic carbocycles. The number of nitrogens with one attached hydrogen (secondary N) is 1. The maximum absolute atomic E-state index is 12.7. The molecule has 2 aromatic carbocycles. The number of anilines is 1. The number of nitrogens with zero attached hydrogens (tertiary/aromatic N) is 3. The lowest BCUT2D eigenvalue weighted by Crippen LogP contribution is -2.50. The number of aromatic nitrogens is 1.